The number of carbonyl (C=O) groups is 2. The average molecular weight is 540 g/mol. The molecule has 0 spiro atoms. The van der Waals surface area contributed by atoms with Crippen molar-refractivity contribution in [3.05, 3.63) is 102 Å². The van der Waals surface area contributed by atoms with Crippen molar-refractivity contribution in [2.45, 2.75) is 32.2 Å². The standard InChI is InChI=1S/C28H24F3N3O5/c1-18(26(35)36)33-39-27(37)21-6-3-19(4-7-21)5-8-23-17-22(11-14-25(23)34-16-2-15-32-34)20-9-12-24(13-10-20)38-28(29,30)31/h2-4,6-7,9-18,33H,5,8H2,1H3,(H,35,36)/t18-/m0/s1. The van der Waals surface area contributed by atoms with Gasteiger partial charge in [0.2, 0.25) is 0 Å². The lowest BCUT2D eigenvalue weighted by Crippen LogP contribution is -2.35. The van der Waals surface area contributed by atoms with Crippen molar-refractivity contribution in [2.24, 2.45) is 0 Å². The lowest BCUT2D eigenvalue weighted by molar-refractivity contribution is -0.274. The number of hydrogen-bond acceptors (Lipinski definition) is 6. The number of aryl methyl sites for hydroxylation is 2. The quantitative estimate of drug-likeness (QED) is 0.262. The van der Waals surface area contributed by atoms with Crippen LogP contribution in [0.4, 0.5) is 13.2 Å². The van der Waals surface area contributed by atoms with Crippen LogP contribution in [0.5, 0.6) is 5.75 Å². The number of rotatable bonds is 10. The SMILES string of the molecule is C[C@H](NOC(=O)c1ccc(CCc2cc(-c3ccc(OC(F)(F)F)cc3)ccc2-n2cccn2)cc1)C(=O)O. The number of halogens is 3. The van der Waals surface area contributed by atoms with Crippen LogP contribution in [0.15, 0.2) is 85.2 Å². The second kappa shape index (κ2) is 11.8. The summed E-state index contributed by atoms with van der Waals surface area (Å²) in [7, 11) is 0. The number of nitrogens with one attached hydrogen (secondary N) is 1. The summed E-state index contributed by atoms with van der Waals surface area (Å²) in [6.45, 7) is 1.35. The zero-order valence-corrected chi connectivity index (χ0v) is 20.7. The molecule has 202 valence electrons. The predicted molar refractivity (Wildman–Crippen MR) is 135 cm³/mol. The van der Waals surface area contributed by atoms with Crippen molar-refractivity contribution in [1.82, 2.24) is 15.3 Å². The number of carbonyl (C=O) groups excluding carboxylic acids is 1. The van der Waals surface area contributed by atoms with E-state index in [1.54, 1.807) is 53.3 Å². The highest BCUT2D eigenvalue weighted by atomic mass is 19.4. The lowest BCUT2D eigenvalue weighted by atomic mass is 9.97. The number of hydrogen-bond donors (Lipinski definition) is 2. The summed E-state index contributed by atoms with van der Waals surface area (Å²) in [4.78, 5) is 27.8. The minimum atomic E-state index is -4.76. The maximum Gasteiger partial charge on any atom is 0.573 e. The van der Waals surface area contributed by atoms with Gasteiger partial charge in [0.1, 0.15) is 11.8 Å². The molecule has 2 N–H and O–H groups in total. The van der Waals surface area contributed by atoms with Gasteiger partial charge in [0.25, 0.3) is 0 Å². The highest BCUT2D eigenvalue weighted by Gasteiger charge is 2.31. The molecule has 0 amide bonds. The maximum absolute atomic E-state index is 12.5. The first kappa shape index (κ1) is 27.4. The Labute approximate surface area is 221 Å². The number of aliphatic carboxylic acids is 1. The van der Waals surface area contributed by atoms with Gasteiger partial charge in [-0.2, -0.15) is 5.10 Å². The van der Waals surface area contributed by atoms with E-state index in [1.165, 1.54) is 19.1 Å². The average Bonchev–Trinajstić information content (AvgIpc) is 3.45. The molecule has 8 nitrogen and oxygen atoms in total. The van der Waals surface area contributed by atoms with E-state index < -0.39 is 24.3 Å². The van der Waals surface area contributed by atoms with Gasteiger partial charge in [-0.15, -0.1) is 18.7 Å². The van der Waals surface area contributed by atoms with Gasteiger partial charge in [0.15, 0.2) is 0 Å². The zero-order valence-electron chi connectivity index (χ0n) is 20.7. The molecule has 39 heavy (non-hydrogen) atoms. The largest absolute Gasteiger partial charge is 0.573 e. The summed E-state index contributed by atoms with van der Waals surface area (Å²) in [5, 5.41) is 13.2. The Hall–Kier alpha value is -4.64. The minimum Gasteiger partial charge on any atom is -0.480 e. The maximum atomic E-state index is 12.5. The molecular weight excluding hydrogens is 515 g/mol. The van der Waals surface area contributed by atoms with E-state index in [1.807, 2.05) is 24.4 Å². The summed E-state index contributed by atoms with van der Waals surface area (Å²) in [5.41, 5.74) is 6.76. The second-order valence-electron chi connectivity index (χ2n) is 8.63. The van der Waals surface area contributed by atoms with Crippen LogP contribution >= 0.6 is 0 Å². The molecule has 0 fully saturated rings. The lowest BCUT2D eigenvalue weighted by Gasteiger charge is -2.14. The van der Waals surface area contributed by atoms with Crippen LogP contribution in [-0.4, -0.2) is 39.2 Å². The van der Waals surface area contributed by atoms with Crippen molar-refractivity contribution in [2.75, 3.05) is 0 Å². The predicted octanol–water partition coefficient (Wildman–Crippen LogP) is 5.36. The molecule has 0 saturated heterocycles. The number of carboxylic acid groups (broad SMARTS) is 1. The molecular formula is C28H24F3N3O5. The molecule has 4 rings (SSSR count). The fourth-order valence-corrected chi connectivity index (χ4v) is 3.79. The molecule has 0 bridgehead atoms. The van der Waals surface area contributed by atoms with Crippen molar-refractivity contribution >= 4 is 11.9 Å². The fraction of sp³-hybridized carbons (Fsp3) is 0.179. The first-order valence-electron chi connectivity index (χ1n) is 11.9. The third-order valence-electron chi connectivity index (χ3n) is 5.82. The van der Waals surface area contributed by atoms with Crippen LogP contribution in [0.3, 0.4) is 0 Å². The van der Waals surface area contributed by atoms with E-state index in [9.17, 15) is 22.8 Å². The monoisotopic (exact) mass is 539 g/mol. The van der Waals surface area contributed by atoms with E-state index >= 15 is 0 Å². The van der Waals surface area contributed by atoms with E-state index in [2.05, 4.69) is 15.3 Å². The Morgan fingerprint density at radius 2 is 1.69 bits per heavy atom. The van der Waals surface area contributed by atoms with Gasteiger partial charge in [-0.05, 0) is 84.5 Å². The Kier molecular flexibility index (Phi) is 8.30. The highest BCUT2D eigenvalue weighted by Crippen LogP contribution is 2.29. The summed E-state index contributed by atoms with van der Waals surface area (Å²) in [6, 6.07) is 19.0. The first-order chi connectivity index (χ1) is 18.6. The Bertz CT molecular complexity index is 1420. The molecule has 0 aliphatic heterocycles. The Balaban J connectivity index is 1.49. The van der Waals surface area contributed by atoms with E-state index in [-0.39, 0.29) is 11.3 Å². The van der Waals surface area contributed by atoms with E-state index in [0.29, 0.717) is 12.8 Å². The smallest absolute Gasteiger partial charge is 0.480 e. The molecule has 0 aliphatic carbocycles. The summed E-state index contributed by atoms with van der Waals surface area (Å²) in [6.07, 6.45) is -0.0315. The van der Waals surface area contributed by atoms with E-state index in [0.717, 1.165) is 27.9 Å². The fourth-order valence-electron chi connectivity index (χ4n) is 3.79. The van der Waals surface area contributed by atoms with Gasteiger partial charge >= 0.3 is 18.3 Å². The van der Waals surface area contributed by atoms with Crippen LogP contribution < -0.4 is 10.2 Å². The Morgan fingerprint density at radius 1 is 1.00 bits per heavy atom. The number of nitrogens with zero attached hydrogens (tertiary/aromatic N) is 2. The van der Waals surface area contributed by atoms with Gasteiger partial charge in [0, 0.05) is 12.4 Å². The number of benzene rings is 3. The van der Waals surface area contributed by atoms with Gasteiger partial charge in [-0.25, -0.2) is 9.48 Å². The third-order valence-corrected chi connectivity index (χ3v) is 5.82. The van der Waals surface area contributed by atoms with Crippen LogP contribution in [0.1, 0.15) is 28.4 Å². The van der Waals surface area contributed by atoms with Crippen LogP contribution in [0.25, 0.3) is 16.8 Å². The molecule has 0 aliphatic rings. The molecule has 4 aromatic rings. The van der Waals surface area contributed by atoms with Gasteiger partial charge in [-0.3, -0.25) is 4.79 Å². The molecule has 1 heterocycles. The molecule has 0 saturated carbocycles. The molecule has 1 atom stereocenters. The molecule has 0 radical (unpaired) electrons. The highest BCUT2D eigenvalue weighted by molar-refractivity contribution is 5.89. The molecule has 1 aromatic heterocycles. The van der Waals surface area contributed by atoms with Gasteiger partial charge < -0.3 is 14.7 Å². The number of ether oxygens (including phenoxy) is 1. The van der Waals surface area contributed by atoms with Gasteiger partial charge in [0.05, 0.1) is 11.3 Å². The second-order valence-corrected chi connectivity index (χ2v) is 8.63. The first-order valence-corrected chi connectivity index (χ1v) is 11.9. The topological polar surface area (TPSA) is 103 Å². The van der Waals surface area contributed by atoms with Crippen LogP contribution in [0.2, 0.25) is 0 Å². The van der Waals surface area contributed by atoms with Crippen molar-refractivity contribution in [3.63, 3.8) is 0 Å². The molecule has 0 unspecified atom stereocenters. The number of hydroxylamine groups is 1. The minimum absolute atomic E-state index is 0.265. The normalized spacial score (nSPS) is 12.1. The molecule has 3 aromatic carbocycles. The number of aromatic nitrogens is 2. The number of alkyl halides is 3. The third kappa shape index (κ3) is 7.45. The summed E-state index contributed by atoms with van der Waals surface area (Å²) in [5.74, 6) is -2.14. The molecule has 11 heteroatoms. The summed E-state index contributed by atoms with van der Waals surface area (Å²) >= 11 is 0. The van der Waals surface area contributed by atoms with Crippen LogP contribution in [0, 0.1) is 0 Å². The zero-order chi connectivity index (χ0) is 28.0. The van der Waals surface area contributed by atoms with Crippen molar-refractivity contribution in [3.8, 4) is 22.6 Å². The van der Waals surface area contributed by atoms with Gasteiger partial charge in [-0.1, -0.05) is 30.3 Å². The van der Waals surface area contributed by atoms with Crippen LogP contribution in [-0.2, 0) is 22.5 Å². The number of carboxylic acids is 1. The Morgan fingerprint density at radius 3 is 2.31 bits per heavy atom. The van der Waals surface area contributed by atoms with Crippen molar-refractivity contribution < 1.29 is 37.4 Å². The van der Waals surface area contributed by atoms with Crippen molar-refractivity contribution in [1.29, 1.82) is 0 Å². The summed E-state index contributed by atoms with van der Waals surface area (Å²) < 4.78 is 43.2. The van der Waals surface area contributed by atoms with E-state index in [4.69, 9.17) is 9.94 Å².